The average Bonchev–Trinajstić information content (AvgIpc) is 2.96. The highest BCUT2D eigenvalue weighted by molar-refractivity contribution is 7.99. The van der Waals surface area contributed by atoms with E-state index in [1.165, 1.54) is 37.1 Å². The van der Waals surface area contributed by atoms with Crippen molar-refractivity contribution >= 4 is 46.3 Å². The van der Waals surface area contributed by atoms with Crippen molar-refractivity contribution in [3.05, 3.63) is 140 Å². The van der Waals surface area contributed by atoms with Gasteiger partial charge in [0.2, 0.25) is 0 Å². The molecule has 0 aromatic heterocycles. The maximum Gasteiger partial charge on any atom is 0.112 e. The van der Waals surface area contributed by atoms with E-state index in [0.717, 1.165) is 19.1 Å². The van der Waals surface area contributed by atoms with Crippen LogP contribution in [0.4, 0.5) is 11.4 Å². The monoisotopic (exact) mass is 537 g/mol. The largest absolute Gasteiger partial charge is 1.00 e. The minimum absolute atomic E-state index is 0. The first-order valence-electron chi connectivity index (χ1n) is 12.5. The van der Waals surface area contributed by atoms with Crippen molar-refractivity contribution in [2.75, 3.05) is 17.6 Å². The fourth-order valence-electron chi connectivity index (χ4n) is 5.37. The van der Waals surface area contributed by atoms with E-state index in [1.54, 1.807) is 0 Å². The first-order valence-corrected chi connectivity index (χ1v) is 15.3. The molecule has 0 bridgehead atoms. The Labute approximate surface area is 231 Å². The van der Waals surface area contributed by atoms with Gasteiger partial charge in [0.05, 0.1) is 17.5 Å². The Morgan fingerprint density at radius 3 is 1.30 bits per heavy atom. The standard InChI is InChI=1S/C33H29NPS.ClH/c1-4-15-27(16-5-1)35(28-17-6-2-7-18-28,29-19-8-3-9-20-29)26-14-25-34-30-21-10-12-23-32(30)36-33-24-13-11-22-31(33)34;/h1-13,15-24H,14,25-26H2;1H/q+1;/p-1. The Hall–Kier alpha value is -3.03. The molecular formula is C33H29ClNPS. The van der Waals surface area contributed by atoms with Crippen LogP contribution in [0, 0.1) is 0 Å². The Kier molecular flexibility index (Phi) is 8.01. The molecule has 0 amide bonds. The molecule has 0 unspecified atom stereocenters. The molecule has 0 spiro atoms. The molecule has 4 heteroatoms. The summed E-state index contributed by atoms with van der Waals surface area (Å²) in [5.41, 5.74) is 2.65. The second-order valence-electron chi connectivity index (χ2n) is 9.08. The summed E-state index contributed by atoms with van der Waals surface area (Å²) in [6.07, 6.45) is 2.22. The van der Waals surface area contributed by atoms with Crippen LogP contribution in [0.5, 0.6) is 0 Å². The molecule has 1 nitrogen and oxygen atoms in total. The quantitative estimate of drug-likeness (QED) is 0.277. The van der Waals surface area contributed by atoms with Crippen LogP contribution in [0.2, 0.25) is 0 Å². The number of nitrogens with zero attached hydrogens (tertiary/aromatic N) is 1. The van der Waals surface area contributed by atoms with Gasteiger partial charge in [-0.3, -0.25) is 0 Å². The number of rotatable bonds is 7. The van der Waals surface area contributed by atoms with Gasteiger partial charge in [-0.05, 0) is 60.7 Å². The third kappa shape index (κ3) is 4.94. The number of halogens is 1. The highest BCUT2D eigenvalue weighted by Gasteiger charge is 2.44. The van der Waals surface area contributed by atoms with Crippen molar-refractivity contribution in [2.45, 2.75) is 16.2 Å². The molecule has 5 aromatic carbocycles. The molecule has 0 saturated carbocycles. The van der Waals surface area contributed by atoms with Gasteiger partial charge in [-0.2, -0.15) is 0 Å². The molecule has 1 aliphatic rings. The number of hydrogen-bond acceptors (Lipinski definition) is 2. The van der Waals surface area contributed by atoms with E-state index < -0.39 is 7.26 Å². The third-order valence-corrected chi connectivity index (χ3v) is 12.7. The minimum Gasteiger partial charge on any atom is -1.00 e. The smallest absolute Gasteiger partial charge is 0.112 e. The van der Waals surface area contributed by atoms with Crippen LogP contribution in [0.3, 0.4) is 0 Å². The molecule has 0 aliphatic carbocycles. The maximum absolute atomic E-state index is 2.54. The molecule has 0 radical (unpaired) electrons. The number of benzene rings is 5. The van der Waals surface area contributed by atoms with Gasteiger partial charge in [-0.1, -0.05) is 90.6 Å². The Morgan fingerprint density at radius 2 is 0.865 bits per heavy atom. The van der Waals surface area contributed by atoms with Crippen molar-refractivity contribution in [3.8, 4) is 0 Å². The summed E-state index contributed by atoms with van der Waals surface area (Å²) >= 11 is 1.88. The van der Waals surface area contributed by atoms with Crippen molar-refractivity contribution in [1.29, 1.82) is 0 Å². The zero-order valence-electron chi connectivity index (χ0n) is 20.6. The third-order valence-electron chi connectivity index (χ3n) is 7.00. The van der Waals surface area contributed by atoms with Crippen LogP contribution >= 0.6 is 19.0 Å². The first-order chi connectivity index (χ1) is 17.9. The predicted octanol–water partition coefficient (Wildman–Crippen LogP) is 4.68. The summed E-state index contributed by atoms with van der Waals surface area (Å²) < 4.78 is 0. The average molecular weight is 538 g/mol. The molecule has 6 rings (SSSR count). The van der Waals surface area contributed by atoms with Crippen molar-refractivity contribution < 1.29 is 12.4 Å². The van der Waals surface area contributed by atoms with Gasteiger partial charge in [-0.25, -0.2) is 0 Å². The van der Waals surface area contributed by atoms with Gasteiger partial charge >= 0.3 is 0 Å². The number of hydrogen-bond donors (Lipinski definition) is 0. The van der Waals surface area contributed by atoms with E-state index in [0.29, 0.717) is 0 Å². The maximum atomic E-state index is 2.54. The molecule has 0 fully saturated rings. The topological polar surface area (TPSA) is 3.24 Å². The fourth-order valence-corrected chi connectivity index (χ4v) is 10.8. The summed E-state index contributed by atoms with van der Waals surface area (Å²) in [6.45, 7) is 0.989. The van der Waals surface area contributed by atoms with Gasteiger partial charge in [-0.15, -0.1) is 0 Å². The van der Waals surface area contributed by atoms with E-state index in [9.17, 15) is 0 Å². The van der Waals surface area contributed by atoms with Gasteiger partial charge in [0.1, 0.15) is 23.2 Å². The van der Waals surface area contributed by atoms with Crippen LogP contribution in [-0.4, -0.2) is 12.7 Å². The first kappa shape index (κ1) is 25.6. The van der Waals surface area contributed by atoms with Gasteiger partial charge in [0.15, 0.2) is 0 Å². The molecule has 0 N–H and O–H groups in total. The van der Waals surface area contributed by atoms with Gasteiger partial charge in [0, 0.05) is 22.8 Å². The molecule has 1 heterocycles. The second-order valence-corrected chi connectivity index (χ2v) is 13.8. The normalized spacial score (nSPS) is 12.3. The number of anilines is 2. The molecule has 184 valence electrons. The molecular weight excluding hydrogens is 509 g/mol. The van der Waals surface area contributed by atoms with Gasteiger partial charge in [0.25, 0.3) is 0 Å². The lowest BCUT2D eigenvalue weighted by molar-refractivity contribution is -0.00000683. The number of para-hydroxylation sites is 2. The van der Waals surface area contributed by atoms with E-state index in [-0.39, 0.29) is 12.4 Å². The lowest BCUT2D eigenvalue weighted by Gasteiger charge is -2.34. The Bertz CT molecular complexity index is 1300. The van der Waals surface area contributed by atoms with Crippen LogP contribution in [0.1, 0.15) is 6.42 Å². The number of fused-ring (bicyclic) bond motifs is 2. The second kappa shape index (κ2) is 11.6. The van der Waals surface area contributed by atoms with E-state index in [1.807, 2.05) is 11.8 Å². The van der Waals surface area contributed by atoms with Crippen LogP contribution in [-0.2, 0) is 0 Å². The lowest BCUT2D eigenvalue weighted by atomic mass is 10.2. The molecule has 37 heavy (non-hydrogen) atoms. The highest BCUT2D eigenvalue weighted by Crippen LogP contribution is 2.56. The molecule has 0 atom stereocenters. The predicted molar refractivity (Wildman–Crippen MR) is 159 cm³/mol. The minimum atomic E-state index is -1.82. The summed E-state index contributed by atoms with van der Waals surface area (Å²) in [7, 11) is -1.82. The van der Waals surface area contributed by atoms with Crippen LogP contribution < -0.4 is 33.2 Å². The SMILES string of the molecule is [Cl-].c1ccc([P+](CCCN2c3ccccc3Sc3ccccc32)(c2ccccc2)c2ccccc2)cc1. The van der Waals surface area contributed by atoms with Crippen molar-refractivity contribution in [2.24, 2.45) is 0 Å². The van der Waals surface area contributed by atoms with Crippen molar-refractivity contribution in [3.63, 3.8) is 0 Å². The van der Waals surface area contributed by atoms with Gasteiger partial charge < -0.3 is 17.3 Å². The summed E-state index contributed by atoms with van der Waals surface area (Å²) in [5.74, 6) is 0. The summed E-state index contributed by atoms with van der Waals surface area (Å²) in [4.78, 5) is 5.22. The van der Waals surface area contributed by atoms with E-state index in [4.69, 9.17) is 0 Å². The van der Waals surface area contributed by atoms with Crippen molar-refractivity contribution in [1.82, 2.24) is 0 Å². The van der Waals surface area contributed by atoms with E-state index >= 15 is 0 Å². The molecule has 1 aliphatic heterocycles. The zero-order chi connectivity index (χ0) is 24.2. The highest BCUT2D eigenvalue weighted by atomic mass is 35.5. The Balaban J connectivity index is 0.00000280. The van der Waals surface area contributed by atoms with Crippen LogP contribution in [0.15, 0.2) is 149 Å². The summed E-state index contributed by atoms with van der Waals surface area (Å²) in [6, 6.07) is 51.3. The van der Waals surface area contributed by atoms with E-state index in [2.05, 4.69) is 144 Å². The molecule has 0 saturated heterocycles. The summed E-state index contributed by atoms with van der Waals surface area (Å²) in [5, 5.41) is 4.37. The Morgan fingerprint density at radius 1 is 0.486 bits per heavy atom. The lowest BCUT2D eigenvalue weighted by Crippen LogP contribution is -3.00. The molecule has 5 aromatic rings. The fraction of sp³-hybridized carbons (Fsp3) is 0.0909. The zero-order valence-corrected chi connectivity index (χ0v) is 23.0. The van der Waals surface area contributed by atoms with Crippen LogP contribution in [0.25, 0.3) is 0 Å².